The summed E-state index contributed by atoms with van der Waals surface area (Å²) >= 11 is 0. The molecule has 1 rings (SSSR count). The van der Waals surface area contributed by atoms with Crippen molar-refractivity contribution in [3.05, 3.63) is 0 Å². The molecule has 0 saturated heterocycles. The van der Waals surface area contributed by atoms with Gasteiger partial charge in [-0.05, 0) is 36.5 Å². The van der Waals surface area contributed by atoms with Gasteiger partial charge >= 0.3 is 12.0 Å². The van der Waals surface area contributed by atoms with Crippen LogP contribution in [-0.4, -0.2) is 30.2 Å². The van der Waals surface area contributed by atoms with E-state index >= 15 is 0 Å². The number of carboxylic acids is 1. The van der Waals surface area contributed by atoms with Crippen molar-refractivity contribution in [3.8, 4) is 0 Å². The molecule has 0 aromatic carbocycles. The molecular formula is C16H30N2O3. The van der Waals surface area contributed by atoms with Crippen molar-refractivity contribution in [2.75, 3.05) is 13.1 Å². The molecule has 1 aliphatic carbocycles. The molecule has 0 heterocycles. The van der Waals surface area contributed by atoms with Gasteiger partial charge in [0.15, 0.2) is 0 Å². The second kappa shape index (κ2) is 8.25. The molecule has 0 aromatic rings. The summed E-state index contributed by atoms with van der Waals surface area (Å²) in [4.78, 5) is 22.3. The fraction of sp³-hybridized carbons (Fsp3) is 0.875. The molecule has 2 amide bonds. The first-order valence-corrected chi connectivity index (χ1v) is 8.04. The Morgan fingerprint density at radius 1 is 1.19 bits per heavy atom. The number of rotatable bonds is 8. The van der Waals surface area contributed by atoms with E-state index in [2.05, 4.69) is 17.6 Å². The number of amides is 2. The van der Waals surface area contributed by atoms with E-state index in [0.29, 0.717) is 24.8 Å². The van der Waals surface area contributed by atoms with Crippen LogP contribution in [0.3, 0.4) is 0 Å². The molecule has 2 atom stereocenters. The van der Waals surface area contributed by atoms with Gasteiger partial charge in [-0.15, -0.1) is 0 Å². The molecule has 5 nitrogen and oxygen atoms in total. The minimum Gasteiger partial charge on any atom is -0.481 e. The van der Waals surface area contributed by atoms with Crippen molar-refractivity contribution in [2.45, 2.75) is 59.3 Å². The summed E-state index contributed by atoms with van der Waals surface area (Å²) in [6, 6.07) is -0.108. The molecule has 3 N–H and O–H groups in total. The average Bonchev–Trinajstić information content (AvgIpc) is 2.79. The molecule has 0 radical (unpaired) electrons. The molecule has 0 bridgehead atoms. The molecule has 1 fully saturated rings. The molecule has 5 heteroatoms. The van der Waals surface area contributed by atoms with Crippen LogP contribution in [-0.2, 0) is 4.79 Å². The Morgan fingerprint density at radius 3 is 2.48 bits per heavy atom. The third-order valence-corrected chi connectivity index (χ3v) is 4.67. The highest BCUT2D eigenvalue weighted by Crippen LogP contribution is 2.30. The molecule has 0 aromatic heterocycles. The Kier molecular flexibility index (Phi) is 6.99. The van der Waals surface area contributed by atoms with Crippen LogP contribution in [0.1, 0.15) is 59.3 Å². The zero-order valence-electron chi connectivity index (χ0n) is 13.6. The van der Waals surface area contributed by atoms with Gasteiger partial charge in [-0.2, -0.15) is 0 Å². The highest BCUT2D eigenvalue weighted by molar-refractivity contribution is 5.73. The number of aliphatic carboxylic acids is 1. The summed E-state index contributed by atoms with van der Waals surface area (Å²) in [6.45, 7) is 7.67. The van der Waals surface area contributed by atoms with Gasteiger partial charge in [0.05, 0.1) is 0 Å². The number of hydrogen-bond donors (Lipinski definition) is 3. The Bertz CT molecular complexity index is 355. The van der Waals surface area contributed by atoms with E-state index in [4.69, 9.17) is 5.11 Å². The van der Waals surface area contributed by atoms with E-state index in [1.54, 1.807) is 0 Å². The van der Waals surface area contributed by atoms with Crippen LogP contribution >= 0.6 is 0 Å². The normalized spacial score (nSPS) is 22.0. The Morgan fingerprint density at radius 2 is 1.90 bits per heavy atom. The highest BCUT2D eigenvalue weighted by atomic mass is 16.4. The number of carbonyl (C=O) groups excluding carboxylic acids is 1. The van der Waals surface area contributed by atoms with E-state index in [9.17, 15) is 9.59 Å². The second-order valence-electron chi connectivity index (χ2n) is 7.11. The lowest BCUT2D eigenvalue weighted by Gasteiger charge is -2.24. The summed E-state index contributed by atoms with van der Waals surface area (Å²) in [5.41, 5.74) is -0.0639. The van der Waals surface area contributed by atoms with Gasteiger partial charge in [0.1, 0.15) is 0 Å². The van der Waals surface area contributed by atoms with Crippen molar-refractivity contribution in [2.24, 2.45) is 17.3 Å². The van der Waals surface area contributed by atoms with Gasteiger partial charge in [0.2, 0.25) is 0 Å². The Balaban J connectivity index is 2.13. The van der Waals surface area contributed by atoms with Gasteiger partial charge in [0, 0.05) is 19.5 Å². The first-order chi connectivity index (χ1) is 9.80. The van der Waals surface area contributed by atoms with Crippen LogP contribution in [0.5, 0.6) is 0 Å². The predicted octanol–water partition coefficient (Wildman–Crippen LogP) is 3.00. The zero-order valence-corrected chi connectivity index (χ0v) is 13.6. The molecule has 0 aliphatic heterocycles. The van der Waals surface area contributed by atoms with E-state index in [1.807, 2.05) is 13.8 Å². The lowest BCUT2D eigenvalue weighted by molar-refractivity contribution is -0.137. The fourth-order valence-corrected chi connectivity index (χ4v) is 2.90. The smallest absolute Gasteiger partial charge is 0.314 e. The van der Waals surface area contributed by atoms with Crippen LogP contribution in [0.4, 0.5) is 4.79 Å². The van der Waals surface area contributed by atoms with Crippen LogP contribution in [0, 0.1) is 17.3 Å². The number of hydrogen-bond acceptors (Lipinski definition) is 2. The quantitative estimate of drug-likeness (QED) is 0.644. The van der Waals surface area contributed by atoms with Crippen molar-refractivity contribution in [1.82, 2.24) is 10.6 Å². The molecular weight excluding hydrogens is 268 g/mol. The molecule has 21 heavy (non-hydrogen) atoms. The molecule has 0 spiro atoms. The second-order valence-corrected chi connectivity index (χ2v) is 7.11. The topological polar surface area (TPSA) is 78.4 Å². The van der Waals surface area contributed by atoms with Gasteiger partial charge in [-0.3, -0.25) is 4.79 Å². The number of nitrogens with one attached hydrogen (secondary N) is 2. The number of carbonyl (C=O) groups is 2. The van der Waals surface area contributed by atoms with Crippen molar-refractivity contribution in [3.63, 3.8) is 0 Å². The van der Waals surface area contributed by atoms with Crippen molar-refractivity contribution >= 4 is 12.0 Å². The van der Waals surface area contributed by atoms with Crippen LogP contribution < -0.4 is 10.6 Å². The maximum atomic E-state index is 11.7. The zero-order chi connectivity index (χ0) is 15.9. The van der Waals surface area contributed by atoms with Crippen molar-refractivity contribution in [1.29, 1.82) is 0 Å². The van der Waals surface area contributed by atoms with Crippen LogP contribution in [0.2, 0.25) is 0 Å². The minimum atomic E-state index is -0.764. The molecule has 1 aliphatic rings. The van der Waals surface area contributed by atoms with Crippen LogP contribution in [0.15, 0.2) is 0 Å². The predicted molar refractivity (Wildman–Crippen MR) is 83.2 cm³/mol. The monoisotopic (exact) mass is 298 g/mol. The van der Waals surface area contributed by atoms with E-state index < -0.39 is 5.97 Å². The maximum Gasteiger partial charge on any atom is 0.314 e. The van der Waals surface area contributed by atoms with Crippen molar-refractivity contribution < 1.29 is 14.7 Å². The third-order valence-electron chi connectivity index (χ3n) is 4.67. The maximum absolute atomic E-state index is 11.7. The first-order valence-electron chi connectivity index (χ1n) is 8.04. The summed E-state index contributed by atoms with van der Waals surface area (Å²) in [5.74, 6) is 0.558. The largest absolute Gasteiger partial charge is 0.481 e. The summed E-state index contributed by atoms with van der Waals surface area (Å²) in [6.07, 6.45) is 5.35. The van der Waals surface area contributed by atoms with Crippen LogP contribution in [0.25, 0.3) is 0 Å². The fourth-order valence-electron chi connectivity index (χ4n) is 2.90. The lowest BCUT2D eigenvalue weighted by atomic mass is 9.84. The highest BCUT2D eigenvalue weighted by Gasteiger charge is 2.23. The third kappa shape index (κ3) is 7.34. The first kappa shape index (κ1) is 17.8. The molecule has 1 saturated carbocycles. The SMILES string of the molecule is CC1CCCC1CNC(=O)NCCC(C)(C)CCC(=O)O. The van der Waals surface area contributed by atoms with E-state index in [1.165, 1.54) is 19.3 Å². The minimum absolute atomic E-state index is 0.0639. The average molecular weight is 298 g/mol. The van der Waals surface area contributed by atoms with Gasteiger partial charge < -0.3 is 15.7 Å². The van der Waals surface area contributed by atoms with E-state index in [-0.39, 0.29) is 17.9 Å². The Hall–Kier alpha value is -1.26. The van der Waals surface area contributed by atoms with Gasteiger partial charge in [-0.1, -0.05) is 33.6 Å². The van der Waals surface area contributed by atoms with Gasteiger partial charge in [-0.25, -0.2) is 4.79 Å². The standard InChI is InChI=1S/C16H30N2O3/c1-12-5-4-6-13(12)11-18-15(21)17-10-9-16(2,3)8-7-14(19)20/h12-13H,4-11H2,1-3H3,(H,19,20)(H2,17,18,21). The Labute approximate surface area is 127 Å². The molecule has 122 valence electrons. The summed E-state index contributed by atoms with van der Waals surface area (Å²) in [5, 5.41) is 14.5. The summed E-state index contributed by atoms with van der Waals surface area (Å²) in [7, 11) is 0. The van der Waals surface area contributed by atoms with E-state index in [0.717, 1.165) is 13.0 Å². The number of carboxylic acid groups (broad SMARTS) is 1. The lowest BCUT2D eigenvalue weighted by Crippen LogP contribution is -2.40. The summed E-state index contributed by atoms with van der Waals surface area (Å²) < 4.78 is 0. The molecule has 2 unspecified atom stereocenters. The van der Waals surface area contributed by atoms with Gasteiger partial charge in [0.25, 0.3) is 0 Å². The number of urea groups is 1.